The van der Waals surface area contributed by atoms with Crippen molar-refractivity contribution in [1.29, 1.82) is 0 Å². The molecule has 1 unspecified atom stereocenters. The second kappa shape index (κ2) is 4.34. The largest absolute Gasteiger partial charge is 0.354 e. The zero-order valence-corrected chi connectivity index (χ0v) is 10.2. The van der Waals surface area contributed by atoms with E-state index in [0.717, 1.165) is 5.56 Å². The van der Waals surface area contributed by atoms with E-state index in [1.54, 1.807) is 4.90 Å². The Kier molecular flexibility index (Phi) is 3.03. The topological polar surface area (TPSA) is 29.5 Å². The van der Waals surface area contributed by atoms with Crippen LogP contribution in [-0.2, 0) is 9.53 Å². The van der Waals surface area contributed by atoms with Crippen LogP contribution in [0.25, 0.3) is 0 Å². The zero-order chi connectivity index (χ0) is 12.5. The van der Waals surface area contributed by atoms with Gasteiger partial charge < -0.3 is 9.64 Å². The Morgan fingerprint density at radius 1 is 1.47 bits per heavy atom. The number of rotatable bonds is 2. The van der Waals surface area contributed by atoms with Gasteiger partial charge in [-0.2, -0.15) is 0 Å². The third-order valence-electron chi connectivity index (χ3n) is 3.08. The molecule has 1 aromatic carbocycles. The lowest BCUT2D eigenvalue weighted by atomic mass is 10.1. The first-order chi connectivity index (χ1) is 8.06. The predicted molar refractivity (Wildman–Crippen MR) is 66.3 cm³/mol. The summed E-state index contributed by atoms with van der Waals surface area (Å²) >= 11 is 0. The van der Waals surface area contributed by atoms with Crippen LogP contribution in [0.5, 0.6) is 0 Å². The normalized spacial score (nSPS) is 22.5. The van der Waals surface area contributed by atoms with Crippen molar-refractivity contribution in [1.82, 2.24) is 4.90 Å². The Bertz CT molecular complexity index is 425. The number of nitrogens with zero attached hydrogens (tertiary/aromatic N) is 1. The molecular formula is C14H17NO2. The van der Waals surface area contributed by atoms with E-state index in [9.17, 15) is 4.79 Å². The van der Waals surface area contributed by atoms with Crippen LogP contribution in [0.3, 0.4) is 0 Å². The fraction of sp³-hybridized carbons (Fsp3) is 0.357. The van der Waals surface area contributed by atoms with Gasteiger partial charge in [0.25, 0.3) is 0 Å². The van der Waals surface area contributed by atoms with Gasteiger partial charge in [-0.1, -0.05) is 36.9 Å². The second-order valence-corrected chi connectivity index (χ2v) is 4.60. The maximum Gasteiger partial charge on any atom is 0.248 e. The van der Waals surface area contributed by atoms with E-state index >= 15 is 0 Å². The molecule has 0 bridgehead atoms. The van der Waals surface area contributed by atoms with Crippen LogP contribution in [-0.4, -0.2) is 23.1 Å². The molecule has 0 spiro atoms. The standard InChI is InChI=1S/C14H17NO2/c1-4-13(16)15-12(10-17-14(15,2)3)11-8-6-5-7-9-11/h4-9,12H,1,10H2,2-3H3. The number of benzene rings is 1. The molecule has 1 fully saturated rings. The molecule has 17 heavy (non-hydrogen) atoms. The molecule has 1 aliphatic heterocycles. The molecule has 0 aliphatic carbocycles. The quantitative estimate of drug-likeness (QED) is 0.732. The summed E-state index contributed by atoms with van der Waals surface area (Å²) in [5, 5.41) is 0. The van der Waals surface area contributed by atoms with Gasteiger partial charge in [-0.15, -0.1) is 0 Å². The van der Waals surface area contributed by atoms with Crippen LogP contribution in [0.1, 0.15) is 25.5 Å². The highest BCUT2D eigenvalue weighted by Gasteiger charge is 2.43. The highest BCUT2D eigenvalue weighted by Crippen LogP contribution is 2.36. The van der Waals surface area contributed by atoms with Gasteiger partial charge >= 0.3 is 0 Å². The van der Waals surface area contributed by atoms with Crippen molar-refractivity contribution in [3.8, 4) is 0 Å². The van der Waals surface area contributed by atoms with Gasteiger partial charge in [0.2, 0.25) is 5.91 Å². The van der Waals surface area contributed by atoms with Crippen LogP contribution in [0.15, 0.2) is 43.0 Å². The van der Waals surface area contributed by atoms with Gasteiger partial charge in [0.15, 0.2) is 0 Å². The summed E-state index contributed by atoms with van der Waals surface area (Å²) in [7, 11) is 0. The van der Waals surface area contributed by atoms with Gasteiger partial charge in [-0.05, 0) is 25.5 Å². The zero-order valence-electron chi connectivity index (χ0n) is 10.2. The van der Waals surface area contributed by atoms with Gasteiger partial charge in [0.05, 0.1) is 12.6 Å². The molecule has 1 saturated heterocycles. The summed E-state index contributed by atoms with van der Waals surface area (Å²) in [5.41, 5.74) is 0.513. The average molecular weight is 231 g/mol. The minimum Gasteiger partial charge on any atom is -0.354 e. The lowest BCUT2D eigenvalue weighted by Crippen LogP contribution is -2.43. The molecule has 0 radical (unpaired) electrons. The maximum atomic E-state index is 11.9. The fourth-order valence-corrected chi connectivity index (χ4v) is 2.24. The Morgan fingerprint density at radius 2 is 2.12 bits per heavy atom. The summed E-state index contributed by atoms with van der Waals surface area (Å²) in [6, 6.07) is 9.90. The van der Waals surface area contributed by atoms with Crippen LogP contribution < -0.4 is 0 Å². The Labute approximate surface area is 102 Å². The van der Waals surface area contributed by atoms with Crippen molar-refractivity contribution < 1.29 is 9.53 Å². The van der Waals surface area contributed by atoms with Gasteiger partial charge in [-0.25, -0.2) is 0 Å². The van der Waals surface area contributed by atoms with E-state index < -0.39 is 5.72 Å². The van der Waals surface area contributed by atoms with Gasteiger partial charge in [0, 0.05) is 0 Å². The minimum absolute atomic E-state index is 0.0308. The van der Waals surface area contributed by atoms with Gasteiger partial charge in [0.1, 0.15) is 5.72 Å². The van der Waals surface area contributed by atoms with Crippen LogP contribution >= 0.6 is 0 Å². The average Bonchev–Trinajstić information content (AvgIpc) is 2.65. The van der Waals surface area contributed by atoms with Crippen molar-refractivity contribution >= 4 is 5.91 Å². The van der Waals surface area contributed by atoms with Crippen LogP contribution in [0.4, 0.5) is 0 Å². The lowest BCUT2D eigenvalue weighted by molar-refractivity contribution is -0.140. The van der Waals surface area contributed by atoms with E-state index in [2.05, 4.69) is 6.58 Å². The first-order valence-corrected chi connectivity index (χ1v) is 5.71. The third-order valence-corrected chi connectivity index (χ3v) is 3.08. The SMILES string of the molecule is C=CC(=O)N1C(c2ccccc2)COC1(C)C. The van der Waals surface area contributed by atoms with Crippen molar-refractivity contribution in [3.05, 3.63) is 48.6 Å². The molecule has 90 valence electrons. The fourth-order valence-electron chi connectivity index (χ4n) is 2.24. The molecule has 1 amide bonds. The Hall–Kier alpha value is -1.61. The molecule has 3 nitrogen and oxygen atoms in total. The third kappa shape index (κ3) is 2.11. The van der Waals surface area contributed by atoms with Crippen LogP contribution in [0, 0.1) is 0 Å². The minimum atomic E-state index is -0.578. The van der Waals surface area contributed by atoms with E-state index in [0.29, 0.717) is 6.61 Å². The molecule has 1 aromatic rings. The second-order valence-electron chi connectivity index (χ2n) is 4.60. The molecule has 0 N–H and O–H groups in total. The number of carbonyl (C=O) groups excluding carboxylic acids is 1. The summed E-state index contributed by atoms with van der Waals surface area (Å²) in [4.78, 5) is 13.7. The van der Waals surface area contributed by atoms with E-state index in [4.69, 9.17) is 4.74 Å². The number of hydrogen-bond acceptors (Lipinski definition) is 2. The first-order valence-electron chi connectivity index (χ1n) is 5.71. The molecule has 3 heteroatoms. The lowest BCUT2D eigenvalue weighted by Gasteiger charge is -2.32. The van der Waals surface area contributed by atoms with Gasteiger partial charge in [-0.3, -0.25) is 4.79 Å². The molecule has 1 aliphatic rings. The predicted octanol–water partition coefficient (Wildman–Crippen LogP) is 2.51. The number of carbonyl (C=O) groups is 1. The summed E-state index contributed by atoms with van der Waals surface area (Å²) in [6.45, 7) is 7.88. The first kappa shape index (κ1) is 11.9. The van der Waals surface area contributed by atoms with E-state index in [1.165, 1.54) is 6.08 Å². The number of amides is 1. The number of hydrogen-bond donors (Lipinski definition) is 0. The molecular weight excluding hydrogens is 214 g/mol. The summed E-state index contributed by atoms with van der Waals surface area (Å²) in [6.07, 6.45) is 1.34. The molecule has 1 heterocycles. The summed E-state index contributed by atoms with van der Waals surface area (Å²) in [5.74, 6) is -0.0960. The monoisotopic (exact) mass is 231 g/mol. The highest BCUT2D eigenvalue weighted by molar-refractivity contribution is 5.88. The van der Waals surface area contributed by atoms with Crippen molar-refractivity contribution in [2.75, 3.05) is 6.61 Å². The summed E-state index contributed by atoms with van der Waals surface area (Å²) < 4.78 is 5.70. The van der Waals surface area contributed by atoms with Crippen molar-refractivity contribution in [2.45, 2.75) is 25.6 Å². The van der Waals surface area contributed by atoms with Crippen LogP contribution in [0.2, 0.25) is 0 Å². The Balaban J connectivity index is 2.35. The van der Waals surface area contributed by atoms with Crippen molar-refractivity contribution in [2.24, 2.45) is 0 Å². The smallest absolute Gasteiger partial charge is 0.248 e. The number of ether oxygens (including phenoxy) is 1. The molecule has 0 aromatic heterocycles. The van der Waals surface area contributed by atoms with E-state index in [1.807, 2.05) is 44.2 Å². The molecule has 0 saturated carbocycles. The highest BCUT2D eigenvalue weighted by atomic mass is 16.5. The van der Waals surface area contributed by atoms with E-state index in [-0.39, 0.29) is 11.9 Å². The molecule has 2 rings (SSSR count). The van der Waals surface area contributed by atoms with Crippen molar-refractivity contribution in [3.63, 3.8) is 0 Å². The maximum absolute atomic E-state index is 11.9. The Morgan fingerprint density at radius 3 is 2.71 bits per heavy atom. The molecule has 1 atom stereocenters.